The van der Waals surface area contributed by atoms with E-state index in [0.29, 0.717) is 0 Å². The molecule has 7 heteroatoms. The van der Waals surface area contributed by atoms with Crippen LogP contribution < -0.4 is 10.7 Å². The molecule has 3 nitrogen and oxygen atoms in total. The second kappa shape index (κ2) is 7.44. The van der Waals surface area contributed by atoms with Crippen LogP contribution in [-0.2, 0) is 6.18 Å². The van der Waals surface area contributed by atoms with Gasteiger partial charge < -0.3 is 5.32 Å². The van der Waals surface area contributed by atoms with Crippen LogP contribution in [0.5, 0.6) is 0 Å². The first-order chi connectivity index (χ1) is 11.3. The van der Waals surface area contributed by atoms with Crippen molar-refractivity contribution in [2.75, 3.05) is 5.32 Å². The summed E-state index contributed by atoms with van der Waals surface area (Å²) in [7, 11) is 0. The molecular formula is C17H16F3N3S. The van der Waals surface area contributed by atoms with E-state index >= 15 is 0 Å². The largest absolute Gasteiger partial charge is 0.417 e. The highest BCUT2D eigenvalue weighted by molar-refractivity contribution is 7.80. The molecule has 0 radical (unpaired) electrons. The molecule has 0 bridgehead atoms. The van der Waals surface area contributed by atoms with Crippen molar-refractivity contribution in [2.45, 2.75) is 20.0 Å². The number of alkyl halides is 3. The first-order valence-electron chi connectivity index (χ1n) is 7.11. The van der Waals surface area contributed by atoms with Crippen molar-refractivity contribution in [3.05, 3.63) is 64.7 Å². The minimum absolute atomic E-state index is 0.0352. The lowest BCUT2D eigenvalue weighted by Gasteiger charge is -2.12. The number of hydrazone groups is 1. The highest BCUT2D eigenvalue weighted by atomic mass is 32.1. The summed E-state index contributed by atoms with van der Waals surface area (Å²) < 4.78 is 38.7. The predicted molar refractivity (Wildman–Crippen MR) is 94.3 cm³/mol. The lowest BCUT2D eigenvalue weighted by molar-refractivity contribution is -0.137. The Morgan fingerprint density at radius 2 is 1.79 bits per heavy atom. The Hall–Kier alpha value is -2.41. The maximum atomic E-state index is 12.9. The van der Waals surface area contributed by atoms with E-state index in [0.717, 1.165) is 29.1 Å². The number of hydrogen-bond acceptors (Lipinski definition) is 2. The van der Waals surface area contributed by atoms with Gasteiger partial charge in [0, 0.05) is 11.3 Å². The molecule has 0 aliphatic rings. The number of rotatable bonds is 3. The summed E-state index contributed by atoms with van der Waals surface area (Å²) in [6.45, 7) is 3.92. The van der Waals surface area contributed by atoms with Crippen molar-refractivity contribution in [3.63, 3.8) is 0 Å². The summed E-state index contributed by atoms with van der Waals surface area (Å²) in [4.78, 5) is 0. The first kappa shape index (κ1) is 17.9. The lowest BCUT2D eigenvalue weighted by atomic mass is 10.1. The van der Waals surface area contributed by atoms with E-state index in [1.807, 2.05) is 32.0 Å². The number of thiocarbonyl (C=S) groups is 1. The molecule has 0 fully saturated rings. The molecule has 0 saturated heterocycles. The Balaban J connectivity index is 2.05. The summed E-state index contributed by atoms with van der Waals surface area (Å²) in [5.74, 6) is 0. The first-order valence-corrected chi connectivity index (χ1v) is 7.52. The van der Waals surface area contributed by atoms with Crippen molar-refractivity contribution in [2.24, 2.45) is 5.10 Å². The van der Waals surface area contributed by atoms with E-state index in [9.17, 15) is 13.2 Å². The molecule has 2 rings (SSSR count). The van der Waals surface area contributed by atoms with Gasteiger partial charge in [0.15, 0.2) is 5.11 Å². The second-order valence-electron chi connectivity index (χ2n) is 5.16. The molecular weight excluding hydrogens is 335 g/mol. The van der Waals surface area contributed by atoms with Gasteiger partial charge in [0.2, 0.25) is 0 Å². The predicted octanol–water partition coefficient (Wildman–Crippen LogP) is 4.64. The van der Waals surface area contributed by atoms with Gasteiger partial charge in [-0.15, -0.1) is 0 Å². The minimum Gasteiger partial charge on any atom is -0.331 e. The summed E-state index contributed by atoms with van der Waals surface area (Å²) in [5.41, 5.74) is 4.70. The summed E-state index contributed by atoms with van der Waals surface area (Å²) >= 11 is 5.10. The second-order valence-corrected chi connectivity index (χ2v) is 5.56. The molecule has 0 atom stereocenters. The number of halogens is 3. The van der Waals surface area contributed by atoms with Gasteiger partial charge in [-0.2, -0.15) is 18.3 Å². The van der Waals surface area contributed by atoms with Crippen LogP contribution in [0.25, 0.3) is 0 Å². The van der Waals surface area contributed by atoms with Gasteiger partial charge in [-0.1, -0.05) is 30.3 Å². The summed E-state index contributed by atoms with van der Waals surface area (Å²) in [6.07, 6.45) is -3.33. The van der Waals surface area contributed by atoms with E-state index in [1.165, 1.54) is 18.2 Å². The topological polar surface area (TPSA) is 36.4 Å². The van der Waals surface area contributed by atoms with Crippen LogP contribution in [0.2, 0.25) is 0 Å². The van der Waals surface area contributed by atoms with E-state index in [2.05, 4.69) is 15.8 Å². The molecule has 0 aliphatic carbocycles. The molecule has 0 spiro atoms. The van der Waals surface area contributed by atoms with Crippen LogP contribution in [-0.4, -0.2) is 11.3 Å². The van der Waals surface area contributed by atoms with Crippen LogP contribution in [0.1, 0.15) is 22.3 Å². The maximum absolute atomic E-state index is 12.9. The molecule has 2 N–H and O–H groups in total. The van der Waals surface area contributed by atoms with E-state index in [1.54, 1.807) is 0 Å². The van der Waals surface area contributed by atoms with Crippen LogP contribution in [0.15, 0.2) is 47.6 Å². The fourth-order valence-electron chi connectivity index (χ4n) is 2.06. The molecule has 0 unspecified atom stereocenters. The number of nitrogens with zero attached hydrogens (tertiary/aromatic N) is 1. The molecule has 24 heavy (non-hydrogen) atoms. The number of benzene rings is 2. The van der Waals surface area contributed by atoms with Gasteiger partial charge >= 0.3 is 6.18 Å². The van der Waals surface area contributed by atoms with E-state index in [-0.39, 0.29) is 10.7 Å². The number of anilines is 1. The number of nitrogens with one attached hydrogen (secondary N) is 2. The zero-order chi connectivity index (χ0) is 17.7. The van der Waals surface area contributed by atoms with Gasteiger partial charge in [0.1, 0.15) is 0 Å². The van der Waals surface area contributed by atoms with Crippen molar-refractivity contribution in [3.8, 4) is 0 Å². The normalized spacial score (nSPS) is 11.5. The van der Waals surface area contributed by atoms with Gasteiger partial charge in [-0.05, 0) is 49.3 Å². The Morgan fingerprint density at radius 3 is 2.50 bits per heavy atom. The summed E-state index contributed by atoms with van der Waals surface area (Å²) in [5, 5.41) is 6.95. The SMILES string of the molecule is Cc1cccc(NC(=S)NN=Cc2ccccc2C(F)(F)F)c1C. The molecule has 0 heterocycles. The van der Waals surface area contributed by atoms with Crippen molar-refractivity contribution in [1.82, 2.24) is 5.43 Å². The zero-order valence-corrected chi connectivity index (χ0v) is 13.9. The van der Waals surface area contributed by atoms with Gasteiger partial charge in [0.05, 0.1) is 11.8 Å². The third-order valence-corrected chi connectivity index (χ3v) is 3.68. The molecule has 126 valence electrons. The van der Waals surface area contributed by atoms with Crippen LogP contribution in [0, 0.1) is 13.8 Å². The Morgan fingerprint density at radius 1 is 1.08 bits per heavy atom. The maximum Gasteiger partial charge on any atom is 0.417 e. The van der Waals surface area contributed by atoms with Gasteiger partial charge in [-0.25, -0.2) is 0 Å². The molecule has 2 aromatic carbocycles. The highest BCUT2D eigenvalue weighted by Crippen LogP contribution is 2.31. The van der Waals surface area contributed by atoms with E-state index < -0.39 is 11.7 Å². The van der Waals surface area contributed by atoms with Crippen LogP contribution >= 0.6 is 12.2 Å². The Kier molecular flexibility index (Phi) is 5.56. The monoisotopic (exact) mass is 351 g/mol. The standard InChI is InChI=1S/C17H16F3N3S/c1-11-6-5-9-15(12(11)2)22-16(24)23-21-10-13-7-3-4-8-14(13)17(18,19)20/h3-10H,1-2H3,(H2,22,23,24). The quantitative estimate of drug-likeness (QED) is 0.480. The molecule has 0 aliphatic heterocycles. The Labute approximate surface area is 143 Å². The van der Waals surface area contributed by atoms with E-state index in [4.69, 9.17) is 12.2 Å². The fraction of sp³-hybridized carbons (Fsp3) is 0.176. The fourth-order valence-corrected chi connectivity index (χ4v) is 2.23. The molecule has 0 aromatic heterocycles. The molecule has 2 aromatic rings. The number of aryl methyl sites for hydroxylation is 1. The van der Waals surface area contributed by atoms with Crippen molar-refractivity contribution >= 4 is 29.2 Å². The summed E-state index contributed by atoms with van der Waals surface area (Å²) in [6, 6.07) is 10.9. The molecule has 0 amide bonds. The van der Waals surface area contributed by atoms with Crippen LogP contribution in [0.3, 0.4) is 0 Å². The van der Waals surface area contributed by atoms with Gasteiger partial charge in [-0.3, -0.25) is 5.43 Å². The van der Waals surface area contributed by atoms with Crippen LogP contribution in [0.4, 0.5) is 18.9 Å². The molecule has 0 saturated carbocycles. The lowest BCUT2D eigenvalue weighted by Crippen LogP contribution is -2.24. The highest BCUT2D eigenvalue weighted by Gasteiger charge is 2.32. The Bertz CT molecular complexity index is 770. The zero-order valence-electron chi connectivity index (χ0n) is 13.1. The average molecular weight is 351 g/mol. The third kappa shape index (κ3) is 4.55. The van der Waals surface area contributed by atoms with Crippen molar-refractivity contribution in [1.29, 1.82) is 0 Å². The minimum atomic E-state index is -4.43. The van der Waals surface area contributed by atoms with Crippen molar-refractivity contribution < 1.29 is 13.2 Å². The average Bonchev–Trinajstić information content (AvgIpc) is 2.51. The third-order valence-electron chi connectivity index (χ3n) is 3.49. The van der Waals surface area contributed by atoms with Gasteiger partial charge in [0.25, 0.3) is 0 Å². The smallest absolute Gasteiger partial charge is 0.331 e. The number of hydrogen-bond donors (Lipinski definition) is 2.